The summed E-state index contributed by atoms with van der Waals surface area (Å²) in [4.78, 5) is 11.7. The Kier molecular flexibility index (Phi) is 6.29. The first-order valence-electron chi connectivity index (χ1n) is 7.41. The first kappa shape index (κ1) is 18.4. The molecule has 1 fully saturated rings. The quantitative estimate of drug-likeness (QED) is 0.413. The van der Waals surface area contributed by atoms with E-state index in [0.717, 1.165) is 11.6 Å². The molecule has 0 spiro atoms. The number of hydrogen-bond acceptors (Lipinski definition) is 8. The van der Waals surface area contributed by atoms with Crippen LogP contribution in [0.5, 0.6) is 5.75 Å². The van der Waals surface area contributed by atoms with Crippen molar-refractivity contribution in [3.05, 3.63) is 35.9 Å². The minimum absolute atomic E-state index is 0.553. The number of aliphatic hydroxyl groups excluding tert-OH is 4. The van der Waals surface area contributed by atoms with Crippen LogP contribution in [0.25, 0.3) is 6.08 Å². The molecule has 1 aliphatic rings. The van der Waals surface area contributed by atoms with Crippen LogP contribution < -0.4 is 4.74 Å². The summed E-state index contributed by atoms with van der Waals surface area (Å²) in [6.07, 6.45) is -5.82. The normalized spacial score (nSPS) is 30.3. The summed E-state index contributed by atoms with van der Waals surface area (Å²) < 4.78 is 14.9. The van der Waals surface area contributed by atoms with Gasteiger partial charge in [-0.05, 0) is 30.7 Å². The molecular formula is C16H20O8. The summed E-state index contributed by atoms with van der Waals surface area (Å²) in [7, 11) is 0. The zero-order chi connectivity index (χ0) is 17.7. The molecule has 1 aromatic carbocycles. The largest absolute Gasteiger partial charge is 0.494 e. The number of hydrogen-bond donors (Lipinski definition) is 4. The highest BCUT2D eigenvalue weighted by atomic mass is 16.8. The Labute approximate surface area is 138 Å². The third kappa shape index (κ3) is 4.53. The van der Waals surface area contributed by atoms with E-state index < -0.39 is 36.9 Å². The molecule has 2 rings (SSSR count). The molecule has 1 heterocycles. The van der Waals surface area contributed by atoms with Gasteiger partial charge in [0.1, 0.15) is 24.1 Å². The van der Waals surface area contributed by atoms with E-state index in [9.17, 15) is 25.2 Å². The number of esters is 1. The van der Waals surface area contributed by atoms with Crippen LogP contribution >= 0.6 is 0 Å². The van der Waals surface area contributed by atoms with E-state index in [2.05, 4.69) is 0 Å². The average Bonchev–Trinajstić information content (AvgIpc) is 2.57. The van der Waals surface area contributed by atoms with Gasteiger partial charge >= 0.3 is 5.97 Å². The fourth-order valence-electron chi connectivity index (χ4n) is 2.09. The number of carbonyl (C=O) groups is 1. The molecule has 4 N–H and O–H groups in total. The fraction of sp³-hybridized carbons (Fsp3) is 0.438. The van der Waals surface area contributed by atoms with Gasteiger partial charge in [0.2, 0.25) is 6.29 Å². The maximum Gasteiger partial charge on any atom is 0.333 e. The Morgan fingerprint density at radius 3 is 2.42 bits per heavy atom. The van der Waals surface area contributed by atoms with Crippen molar-refractivity contribution in [2.24, 2.45) is 0 Å². The van der Waals surface area contributed by atoms with Crippen LogP contribution in [0.1, 0.15) is 12.5 Å². The molecule has 0 unspecified atom stereocenters. The third-order valence-electron chi connectivity index (χ3n) is 3.38. The van der Waals surface area contributed by atoms with Crippen molar-refractivity contribution in [2.45, 2.75) is 37.8 Å². The molecule has 0 amide bonds. The van der Waals surface area contributed by atoms with Crippen LogP contribution in [0.2, 0.25) is 0 Å². The third-order valence-corrected chi connectivity index (χ3v) is 3.38. The SMILES string of the molecule is CCOc1ccc(/C=C/C(=O)O[C@H]2O[C@@H](O)[C@H](O)[C@@H](O)[C@@H]2O)cc1. The molecule has 0 bridgehead atoms. The topological polar surface area (TPSA) is 126 Å². The lowest BCUT2D eigenvalue weighted by Crippen LogP contribution is -2.58. The molecule has 0 aliphatic carbocycles. The highest BCUT2D eigenvalue weighted by molar-refractivity contribution is 5.87. The van der Waals surface area contributed by atoms with E-state index in [0.29, 0.717) is 12.4 Å². The molecule has 8 heteroatoms. The van der Waals surface area contributed by atoms with Crippen LogP contribution in [-0.4, -0.2) is 63.9 Å². The Morgan fingerprint density at radius 1 is 1.12 bits per heavy atom. The van der Waals surface area contributed by atoms with Gasteiger partial charge < -0.3 is 34.6 Å². The second-order valence-electron chi connectivity index (χ2n) is 5.14. The van der Waals surface area contributed by atoms with Crippen LogP contribution in [0.3, 0.4) is 0 Å². The molecule has 0 saturated carbocycles. The molecule has 0 radical (unpaired) electrons. The predicted octanol–water partition coefficient (Wildman–Crippen LogP) is -0.601. The minimum Gasteiger partial charge on any atom is -0.494 e. The van der Waals surface area contributed by atoms with E-state index >= 15 is 0 Å². The van der Waals surface area contributed by atoms with Gasteiger partial charge in [0.15, 0.2) is 6.29 Å². The predicted molar refractivity (Wildman–Crippen MR) is 81.6 cm³/mol. The fourth-order valence-corrected chi connectivity index (χ4v) is 2.09. The number of ether oxygens (including phenoxy) is 3. The maximum absolute atomic E-state index is 11.7. The molecule has 1 aliphatic heterocycles. The van der Waals surface area contributed by atoms with Crippen LogP contribution in [-0.2, 0) is 14.3 Å². The minimum atomic E-state index is -1.77. The number of carbonyl (C=O) groups excluding carboxylic acids is 1. The standard InChI is InChI=1S/C16H20O8/c1-2-22-10-6-3-9(4-7-10)5-8-11(17)23-16-14(20)12(18)13(19)15(21)24-16/h3-8,12-16,18-21H,2H2,1H3/b8-5+/t12-,13-,14+,15-,16+/m1/s1. The van der Waals surface area contributed by atoms with Gasteiger partial charge in [0, 0.05) is 6.08 Å². The molecular weight excluding hydrogens is 320 g/mol. The zero-order valence-corrected chi connectivity index (χ0v) is 13.0. The van der Waals surface area contributed by atoms with E-state index in [1.165, 1.54) is 6.08 Å². The van der Waals surface area contributed by atoms with Crippen molar-refractivity contribution < 1.29 is 39.4 Å². The Balaban J connectivity index is 1.92. The summed E-state index contributed by atoms with van der Waals surface area (Å²) in [6.45, 7) is 2.43. The lowest BCUT2D eigenvalue weighted by molar-refractivity contribution is -0.330. The van der Waals surface area contributed by atoms with Gasteiger partial charge in [-0.1, -0.05) is 12.1 Å². The highest BCUT2D eigenvalue weighted by Crippen LogP contribution is 2.21. The molecule has 8 nitrogen and oxygen atoms in total. The summed E-state index contributed by atoms with van der Waals surface area (Å²) >= 11 is 0. The Bertz CT molecular complexity index is 570. The van der Waals surface area contributed by atoms with Gasteiger partial charge in [0.05, 0.1) is 6.61 Å². The van der Waals surface area contributed by atoms with Gasteiger partial charge in [-0.3, -0.25) is 0 Å². The van der Waals surface area contributed by atoms with E-state index in [4.69, 9.17) is 14.2 Å². The number of rotatable bonds is 5. The van der Waals surface area contributed by atoms with Gasteiger partial charge in [0.25, 0.3) is 0 Å². The van der Waals surface area contributed by atoms with Crippen LogP contribution in [0.4, 0.5) is 0 Å². The Hall–Kier alpha value is -1.97. The van der Waals surface area contributed by atoms with Crippen molar-refractivity contribution in [1.82, 2.24) is 0 Å². The summed E-state index contributed by atoms with van der Waals surface area (Å²) in [5.41, 5.74) is 0.719. The molecule has 1 aromatic rings. The zero-order valence-electron chi connectivity index (χ0n) is 13.0. The number of benzene rings is 1. The van der Waals surface area contributed by atoms with Gasteiger partial charge in [-0.15, -0.1) is 0 Å². The molecule has 5 atom stereocenters. The van der Waals surface area contributed by atoms with E-state index in [-0.39, 0.29) is 0 Å². The molecule has 24 heavy (non-hydrogen) atoms. The van der Waals surface area contributed by atoms with E-state index in [1.807, 2.05) is 6.92 Å². The molecule has 132 valence electrons. The smallest absolute Gasteiger partial charge is 0.333 e. The Morgan fingerprint density at radius 2 is 1.79 bits per heavy atom. The highest BCUT2D eigenvalue weighted by Gasteiger charge is 2.44. The molecule has 1 saturated heterocycles. The van der Waals surface area contributed by atoms with Gasteiger partial charge in [-0.25, -0.2) is 4.79 Å². The average molecular weight is 340 g/mol. The van der Waals surface area contributed by atoms with Gasteiger partial charge in [-0.2, -0.15) is 0 Å². The van der Waals surface area contributed by atoms with Crippen molar-refractivity contribution in [2.75, 3.05) is 6.61 Å². The monoisotopic (exact) mass is 340 g/mol. The maximum atomic E-state index is 11.7. The number of aliphatic hydroxyl groups is 4. The second kappa shape index (κ2) is 8.22. The first-order chi connectivity index (χ1) is 11.4. The van der Waals surface area contributed by atoms with Crippen molar-refractivity contribution in [1.29, 1.82) is 0 Å². The van der Waals surface area contributed by atoms with E-state index in [1.54, 1.807) is 24.3 Å². The summed E-state index contributed by atoms with van der Waals surface area (Å²) in [5, 5.41) is 37.9. The van der Waals surface area contributed by atoms with Crippen LogP contribution in [0.15, 0.2) is 30.3 Å². The second-order valence-corrected chi connectivity index (χ2v) is 5.14. The van der Waals surface area contributed by atoms with Crippen LogP contribution in [0, 0.1) is 0 Å². The first-order valence-corrected chi connectivity index (χ1v) is 7.41. The molecule has 0 aromatic heterocycles. The lowest BCUT2D eigenvalue weighted by Gasteiger charge is -2.37. The summed E-state index contributed by atoms with van der Waals surface area (Å²) in [5.74, 6) is -0.138. The summed E-state index contributed by atoms with van der Waals surface area (Å²) in [6, 6.07) is 6.97. The van der Waals surface area contributed by atoms with Crippen molar-refractivity contribution >= 4 is 12.0 Å². The van der Waals surface area contributed by atoms with Crippen molar-refractivity contribution in [3.63, 3.8) is 0 Å². The lowest BCUT2D eigenvalue weighted by atomic mass is 10.0. The van der Waals surface area contributed by atoms with Crippen molar-refractivity contribution in [3.8, 4) is 5.75 Å².